The Balaban J connectivity index is 1.46. The van der Waals surface area contributed by atoms with Crippen LogP contribution < -0.4 is 0 Å². The van der Waals surface area contributed by atoms with E-state index in [0.29, 0.717) is 0 Å². The fourth-order valence-electron chi connectivity index (χ4n) is 6.18. The van der Waals surface area contributed by atoms with Gasteiger partial charge in [-0.2, -0.15) is 0 Å². The molecule has 0 saturated carbocycles. The minimum atomic E-state index is 0.894. The van der Waals surface area contributed by atoms with Crippen LogP contribution in [0.4, 0.5) is 0 Å². The molecule has 0 radical (unpaired) electrons. The molecule has 3 nitrogen and oxygen atoms in total. The standard InChI is InChI=1S/C33H24N2O/c1-2-10-22(11-3-1)35-30-19-29(27-15-8-14-26-24-13-6-7-16-31(24)36-33(26)27)34-20-28(30)25-18-17-21-9-4-5-12-23(21)32(25)35/h1-3,6-8,10-11,13-20H,4-5,9,12H2. The minimum Gasteiger partial charge on any atom is -0.455 e. The molecule has 0 unspecified atom stereocenters. The Hall–Kier alpha value is -4.37. The average molecular weight is 465 g/mol. The number of pyridine rings is 1. The summed E-state index contributed by atoms with van der Waals surface area (Å²) in [5.41, 5.74) is 10.5. The normalized spacial score (nSPS) is 13.7. The molecule has 7 aromatic rings. The summed E-state index contributed by atoms with van der Waals surface area (Å²) in [6, 6.07) is 32.3. The van der Waals surface area contributed by atoms with Crippen LogP contribution in [0.5, 0.6) is 0 Å². The van der Waals surface area contributed by atoms with Crippen molar-refractivity contribution in [1.82, 2.24) is 9.55 Å². The molecule has 172 valence electrons. The van der Waals surface area contributed by atoms with E-state index in [9.17, 15) is 0 Å². The second-order valence-electron chi connectivity index (χ2n) is 9.84. The highest BCUT2D eigenvalue weighted by Crippen LogP contribution is 2.40. The molecule has 0 saturated heterocycles. The van der Waals surface area contributed by atoms with Gasteiger partial charge in [0.25, 0.3) is 0 Å². The zero-order valence-electron chi connectivity index (χ0n) is 19.9. The first-order chi connectivity index (χ1) is 17.9. The van der Waals surface area contributed by atoms with E-state index in [1.54, 1.807) is 0 Å². The molecule has 1 aliphatic carbocycles. The van der Waals surface area contributed by atoms with Gasteiger partial charge < -0.3 is 8.98 Å². The van der Waals surface area contributed by atoms with Crippen molar-refractivity contribution in [3.63, 3.8) is 0 Å². The number of aryl methyl sites for hydroxylation is 2. The molecule has 8 rings (SSSR count). The van der Waals surface area contributed by atoms with Crippen molar-refractivity contribution >= 4 is 43.7 Å². The number of nitrogens with zero attached hydrogens (tertiary/aromatic N) is 2. The third kappa shape index (κ3) is 2.77. The Morgan fingerprint density at radius 1 is 0.694 bits per heavy atom. The fraction of sp³-hybridized carbons (Fsp3) is 0.121. The van der Waals surface area contributed by atoms with E-state index in [2.05, 4.69) is 89.6 Å². The van der Waals surface area contributed by atoms with Crippen LogP contribution in [0.3, 0.4) is 0 Å². The van der Waals surface area contributed by atoms with Crippen LogP contribution >= 0.6 is 0 Å². The Morgan fingerprint density at radius 3 is 2.47 bits per heavy atom. The van der Waals surface area contributed by atoms with Crippen LogP contribution in [-0.4, -0.2) is 9.55 Å². The second kappa shape index (κ2) is 7.56. The van der Waals surface area contributed by atoms with E-state index in [1.807, 2.05) is 12.1 Å². The number of para-hydroxylation sites is 3. The van der Waals surface area contributed by atoms with E-state index >= 15 is 0 Å². The Kier molecular flexibility index (Phi) is 4.18. The molecule has 4 aromatic carbocycles. The Labute approximate surface area is 208 Å². The summed E-state index contributed by atoms with van der Waals surface area (Å²) in [5.74, 6) is 0. The summed E-state index contributed by atoms with van der Waals surface area (Å²) < 4.78 is 8.81. The van der Waals surface area contributed by atoms with Crippen molar-refractivity contribution in [2.24, 2.45) is 0 Å². The van der Waals surface area contributed by atoms with Crippen molar-refractivity contribution < 1.29 is 4.42 Å². The van der Waals surface area contributed by atoms with Crippen molar-refractivity contribution in [2.45, 2.75) is 25.7 Å². The van der Waals surface area contributed by atoms with Gasteiger partial charge in [0.15, 0.2) is 0 Å². The lowest BCUT2D eigenvalue weighted by Crippen LogP contribution is -2.05. The molecule has 0 fully saturated rings. The molecule has 3 heteroatoms. The zero-order valence-corrected chi connectivity index (χ0v) is 19.9. The lowest BCUT2D eigenvalue weighted by molar-refractivity contribution is 0.670. The van der Waals surface area contributed by atoms with E-state index < -0.39 is 0 Å². The monoisotopic (exact) mass is 464 g/mol. The topological polar surface area (TPSA) is 31.0 Å². The van der Waals surface area contributed by atoms with Crippen molar-refractivity contribution in [2.75, 3.05) is 0 Å². The molecule has 1 aliphatic rings. The van der Waals surface area contributed by atoms with Gasteiger partial charge in [-0.25, -0.2) is 0 Å². The van der Waals surface area contributed by atoms with Crippen LogP contribution in [0.1, 0.15) is 24.0 Å². The number of rotatable bonds is 2. The lowest BCUT2D eigenvalue weighted by atomic mass is 9.90. The second-order valence-corrected chi connectivity index (χ2v) is 9.84. The predicted molar refractivity (Wildman–Crippen MR) is 148 cm³/mol. The lowest BCUT2D eigenvalue weighted by Gasteiger charge is -2.18. The van der Waals surface area contributed by atoms with Gasteiger partial charge >= 0.3 is 0 Å². The highest BCUT2D eigenvalue weighted by atomic mass is 16.3. The van der Waals surface area contributed by atoms with Crippen molar-refractivity contribution in [3.05, 3.63) is 108 Å². The van der Waals surface area contributed by atoms with Crippen LogP contribution in [-0.2, 0) is 12.8 Å². The van der Waals surface area contributed by atoms with Gasteiger partial charge in [0, 0.05) is 39.0 Å². The Bertz CT molecular complexity index is 1940. The SMILES string of the molecule is c1ccc(-n2c3cc(-c4cccc5c4oc4ccccc45)ncc3c3ccc4c(c32)CCCC4)cc1. The summed E-state index contributed by atoms with van der Waals surface area (Å²) in [5, 5.41) is 4.75. The molecule has 0 N–H and O–H groups in total. The first-order valence-corrected chi connectivity index (χ1v) is 12.8. The molecule has 0 bridgehead atoms. The molecular formula is C33H24N2O. The quantitative estimate of drug-likeness (QED) is 0.256. The molecule has 3 aromatic heterocycles. The number of hydrogen-bond acceptors (Lipinski definition) is 2. The van der Waals surface area contributed by atoms with Gasteiger partial charge in [0.05, 0.1) is 16.7 Å². The summed E-state index contributed by atoms with van der Waals surface area (Å²) in [6.45, 7) is 0. The van der Waals surface area contributed by atoms with Crippen LogP contribution in [0.15, 0.2) is 102 Å². The molecule has 0 amide bonds. The van der Waals surface area contributed by atoms with Gasteiger partial charge in [-0.15, -0.1) is 0 Å². The maximum absolute atomic E-state index is 6.35. The number of aromatic nitrogens is 2. The first kappa shape index (κ1) is 19.9. The largest absolute Gasteiger partial charge is 0.455 e. The summed E-state index contributed by atoms with van der Waals surface area (Å²) in [6.07, 6.45) is 6.88. The maximum atomic E-state index is 6.35. The minimum absolute atomic E-state index is 0.894. The maximum Gasteiger partial charge on any atom is 0.144 e. The molecular weight excluding hydrogens is 440 g/mol. The molecule has 3 heterocycles. The van der Waals surface area contributed by atoms with Crippen LogP contribution in [0.25, 0.3) is 60.7 Å². The van der Waals surface area contributed by atoms with Crippen molar-refractivity contribution in [1.29, 1.82) is 0 Å². The highest BCUT2D eigenvalue weighted by Gasteiger charge is 2.21. The smallest absolute Gasteiger partial charge is 0.144 e. The van der Waals surface area contributed by atoms with Crippen molar-refractivity contribution in [3.8, 4) is 16.9 Å². The van der Waals surface area contributed by atoms with Gasteiger partial charge in [-0.1, -0.05) is 60.7 Å². The van der Waals surface area contributed by atoms with E-state index in [0.717, 1.165) is 39.6 Å². The van der Waals surface area contributed by atoms with Gasteiger partial charge in [-0.05, 0) is 67.1 Å². The van der Waals surface area contributed by atoms with E-state index in [4.69, 9.17) is 9.40 Å². The third-order valence-electron chi connectivity index (χ3n) is 7.83. The number of benzene rings is 4. The molecule has 0 spiro atoms. The highest BCUT2D eigenvalue weighted by molar-refractivity contribution is 6.12. The molecule has 0 atom stereocenters. The summed E-state index contributed by atoms with van der Waals surface area (Å²) in [7, 11) is 0. The molecule has 0 aliphatic heterocycles. The number of hydrogen-bond donors (Lipinski definition) is 0. The van der Waals surface area contributed by atoms with Crippen LogP contribution in [0.2, 0.25) is 0 Å². The van der Waals surface area contributed by atoms with Crippen LogP contribution in [0, 0.1) is 0 Å². The van der Waals surface area contributed by atoms with E-state index in [1.165, 1.54) is 57.9 Å². The van der Waals surface area contributed by atoms with Gasteiger partial charge in [0.2, 0.25) is 0 Å². The number of furan rings is 1. The predicted octanol–water partition coefficient (Wildman–Crippen LogP) is 8.62. The average Bonchev–Trinajstić information content (AvgIpc) is 3.49. The van der Waals surface area contributed by atoms with E-state index in [-0.39, 0.29) is 0 Å². The van der Waals surface area contributed by atoms with Gasteiger partial charge in [0.1, 0.15) is 11.2 Å². The fourth-order valence-corrected chi connectivity index (χ4v) is 6.18. The van der Waals surface area contributed by atoms with Gasteiger partial charge in [-0.3, -0.25) is 4.98 Å². The molecule has 36 heavy (non-hydrogen) atoms. The summed E-state index contributed by atoms with van der Waals surface area (Å²) >= 11 is 0. The first-order valence-electron chi connectivity index (χ1n) is 12.8. The summed E-state index contributed by atoms with van der Waals surface area (Å²) in [4.78, 5) is 4.99. The zero-order chi connectivity index (χ0) is 23.6. The third-order valence-corrected chi connectivity index (χ3v) is 7.83. The number of fused-ring (bicyclic) bond motifs is 8. The Morgan fingerprint density at radius 2 is 1.53 bits per heavy atom.